The number of ether oxygens (including phenoxy) is 1. The van der Waals surface area contributed by atoms with E-state index in [1.54, 1.807) is 18.7 Å². The molecule has 0 radical (unpaired) electrons. The SMILES string of the molecule is Cc1noc(C)c1C(=O)N1CCCC(Oc2nccc(C(F)(F)F)n2)C1. The van der Waals surface area contributed by atoms with Gasteiger partial charge in [-0.15, -0.1) is 0 Å². The number of hydrogen-bond acceptors (Lipinski definition) is 6. The smallest absolute Gasteiger partial charge is 0.433 e. The number of carbonyl (C=O) groups excluding carboxylic acids is 1. The average Bonchev–Trinajstić information content (AvgIpc) is 2.92. The normalized spacial score (nSPS) is 18.0. The van der Waals surface area contributed by atoms with E-state index in [9.17, 15) is 18.0 Å². The van der Waals surface area contributed by atoms with Crippen molar-refractivity contribution in [3.05, 3.63) is 35.0 Å². The number of rotatable bonds is 3. The molecule has 1 amide bonds. The average molecular weight is 370 g/mol. The Morgan fingerprint density at radius 2 is 2.15 bits per heavy atom. The molecule has 26 heavy (non-hydrogen) atoms. The highest BCUT2D eigenvalue weighted by molar-refractivity contribution is 5.96. The van der Waals surface area contributed by atoms with Gasteiger partial charge in [-0.3, -0.25) is 4.79 Å². The Labute approximate surface area is 147 Å². The van der Waals surface area contributed by atoms with E-state index < -0.39 is 18.0 Å². The molecule has 10 heteroatoms. The lowest BCUT2D eigenvalue weighted by molar-refractivity contribution is -0.141. The monoisotopic (exact) mass is 370 g/mol. The van der Waals surface area contributed by atoms with Crippen molar-refractivity contribution in [3.8, 4) is 6.01 Å². The van der Waals surface area contributed by atoms with E-state index in [0.29, 0.717) is 36.4 Å². The first kappa shape index (κ1) is 18.2. The molecule has 1 saturated heterocycles. The van der Waals surface area contributed by atoms with Crippen molar-refractivity contribution >= 4 is 5.91 Å². The van der Waals surface area contributed by atoms with Crippen molar-refractivity contribution in [2.45, 2.75) is 39.0 Å². The molecule has 2 aromatic heterocycles. The van der Waals surface area contributed by atoms with Crippen LogP contribution in [0.15, 0.2) is 16.8 Å². The summed E-state index contributed by atoms with van der Waals surface area (Å²) in [6.45, 7) is 4.08. The van der Waals surface area contributed by atoms with Gasteiger partial charge in [0.15, 0.2) is 5.69 Å². The minimum Gasteiger partial charge on any atom is -0.458 e. The predicted molar refractivity (Wildman–Crippen MR) is 82.6 cm³/mol. The number of likely N-dealkylation sites (tertiary alicyclic amines) is 1. The summed E-state index contributed by atoms with van der Waals surface area (Å²) in [6, 6.07) is 0.428. The standard InChI is InChI=1S/C16H17F3N4O3/c1-9-13(10(2)26-22-9)14(24)23-7-3-4-11(8-23)25-15-20-6-5-12(21-15)16(17,18)19/h5-6,11H,3-4,7-8H2,1-2H3. The zero-order valence-electron chi connectivity index (χ0n) is 14.2. The molecule has 0 N–H and O–H groups in total. The first-order chi connectivity index (χ1) is 12.3. The Balaban J connectivity index is 1.70. The van der Waals surface area contributed by atoms with Crippen molar-refractivity contribution in [1.29, 1.82) is 0 Å². The maximum absolute atomic E-state index is 12.7. The molecule has 1 unspecified atom stereocenters. The van der Waals surface area contributed by atoms with E-state index >= 15 is 0 Å². The van der Waals surface area contributed by atoms with Gasteiger partial charge in [-0.05, 0) is 32.8 Å². The van der Waals surface area contributed by atoms with Gasteiger partial charge in [0.25, 0.3) is 5.91 Å². The molecule has 0 aromatic carbocycles. The molecule has 1 fully saturated rings. The summed E-state index contributed by atoms with van der Waals surface area (Å²) in [5, 5.41) is 3.77. The van der Waals surface area contributed by atoms with Crippen LogP contribution in [0.5, 0.6) is 6.01 Å². The summed E-state index contributed by atoms with van der Waals surface area (Å²) in [7, 11) is 0. The fourth-order valence-electron chi connectivity index (χ4n) is 2.87. The summed E-state index contributed by atoms with van der Waals surface area (Å²) in [6.07, 6.45) is -2.82. The van der Waals surface area contributed by atoms with Crippen LogP contribution in [0.3, 0.4) is 0 Å². The number of aromatic nitrogens is 3. The van der Waals surface area contributed by atoms with Gasteiger partial charge in [0.05, 0.1) is 12.2 Å². The second kappa shape index (κ2) is 6.93. The highest BCUT2D eigenvalue weighted by atomic mass is 19.4. The molecule has 0 aliphatic carbocycles. The molecule has 3 rings (SSSR count). The molecule has 3 heterocycles. The van der Waals surface area contributed by atoms with Gasteiger partial charge in [0.1, 0.15) is 17.4 Å². The van der Waals surface area contributed by atoms with E-state index in [1.165, 1.54) is 0 Å². The molecular formula is C16H17F3N4O3. The van der Waals surface area contributed by atoms with Crippen LogP contribution in [0, 0.1) is 13.8 Å². The number of carbonyl (C=O) groups is 1. The Morgan fingerprint density at radius 3 is 2.81 bits per heavy atom. The summed E-state index contributed by atoms with van der Waals surface area (Å²) in [5.74, 6) is 0.191. The van der Waals surface area contributed by atoms with Crippen molar-refractivity contribution in [3.63, 3.8) is 0 Å². The minimum absolute atomic E-state index is 0.225. The van der Waals surface area contributed by atoms with Crippen LogP contribution in [0.25, 0.3) is 0 Å². The topological polar surface area (TPSA) is 81.4 Å². The minimum atomic E-state index is -4.57. The summed E-state index contributed by atoms with van der Waals surface area (Å²) >= 11 is 0. The van der Waals surface area contributed by atoms with Gasteiger partial charge in [0, 0.05) is 12.7 Å². The van der Waals surface area contributed by atoms with E-state index in [4.69, 9.17) is 9.26 Å². The third kappa shape index (κ3) is 3.78. The molecular weight excluding hydrogens is 353 g/mol. The number of alkyl halides is 3. The molecule has 140 valence electrons. The zero-order valence-corrected chi connectivity index (χ0v) is 14.2. The Hall–Kier alpha value is -2.65. The van der Waals surface area contributed by atoms with Crippen LogP contribution in [-0.2, 0) is 6.18 Å². The molecule has 2 aromatic rings. The van der Waals surface area contributed by atoms with Crippen molar-refractivity contribution in [2.75, 3.05) is 13.1 Å². The highest BCUT2D eigenvalue weighted by Gasteiger charge is 2.34. The maximum Gasteiger partial charge on any atom is 0.433 e. The second-order valence-electron chi connectivity index (χ2n) is 6.05. The maximum atomic E-state index is 12.7. The van der Waals surface area contributed by atoms with Crippen molar-refractivity contribution in [1.82, 2.24) is 20.0 Å². The Kier molecular flexibility index (Phi) is 4.84. The number of nitrogens with zero attached hydrogens (tertiary/aromatic N) is 4. The van der Waals surface area contributed by atoms with Gasteiger partial charge in [-0.2, -0.15) is 18.2 Å². The van der Waals surface area contributed by atoms with Crippen molar-refractivity contribution in [2.24, 2.45) is 0 Å². The lowest BCUT2D eigenvalue weighted by Gasteiger charge is -2.32. The quantitative estimate of drug-likeness (QED) is 0.826. The van der Waals surface area contributed by atoms with Gasteiger partial charge < -0.3 is 14.2 Å². The second-order valence-corrected chi connectivity index (χ2v) is 6.05. The zero-order chi connectivity index (χ0) is 18.9. The fourth-order valence-corrected chi connectivity index (χ4v) is 2.87. The molecule has 1 aliphatic heterocycles. The number of halogens is 3. The van der Waals surface area contributed by atoms with E-state index in [1.807, 2.05) is 0 Å². The van der Waals surface area contributed by atoms with E-state index in [0.717, 1.165) is 12.3 Å². The fraction of sp³-hybridized carbons (Fsp3) is 0.500. The van der Waals surface area contributed by atoms with Crippen molar-refractivity contribution < 1.29 is 27.2 Å². The molecule has 1 aliphatic rings. The number of aryl methyl sites for hydroxylation is 2. The summed E-state index contributed by atoms with van der Waals surface area (Å²) in [4.78, 5) is 21.4. The van der Waals surface area contributed by atoms with E-state index in [2.05, 4.69) is 15.1 Å². The number of piperidine rings is 1. The number of amides is 1. The van der Waals surface area contributed by atoms with Gasteiger partial charge in [-0.1, -0.05) is 5.16 Å². The van der Waals surface area contributed by atoms with Crippen LogP contribution in [0.2, 0.25) is 0 Å². The first-order valence-corrected chi connectivity index (χ1v) is 8.04. The molecule has 0 bridgehead atoms. The molecule has 7 nitrogen and oxygen atoms in total. The lowest BCUT2D eigenvalue weighted by atomic mass is 10.1. The molecule has 0 saturated carbocycles. The largest absolute Gasteiger partial charge is 0.458 e. The first-order valence-electron chi connectivity index (χ1n) is 8.04. The van der Waals surface area contributed by atoms with Gasteiger partial charge in [-0.25, -0.2) is 4.98 Å². The van der Waals surface area contributed by atoms with Crippen LogP contribution in [-0.4, -0.2) is 45.1 Å². The van der Waals surface area contributed by atoms with Gasteiger partial charge in [0.2, 0.25) is 0 Å². The summed E-state index contributed by atoms with van der Waals surface area (Å²) in [5.41, 5.74) is -0.167. The third-order valence-corrected chi connectivity index (χ3v) is 4.11. The molecule has 0 spiro atoms. The van der Waals surface area contributed by atoms with Crippen LogP contribution in [0.4, 0.5) is 13.2 Å². The Bertz CT molecular complexity index is 787. The van der Waals surface area contributed by atoms with Crippen LogP contribution in [0.1, 0.15) is 40.3 Å². The third-order valence-electron chi connectivity index (χ3n) is 4.11. The lowest BCUT2D eigenvalue weighted by Crippen LogP contribution is -2.44. The highest BCUT2D eigenvalue weighted by Crippen LogP contribution is 2.28. The van der Waals surface area contributed by atoms with Crippen LogP contribution < -0.4 is 4.74 Å². The molecule has 1 atom stereocenters. The van der Waals surface area contributed by atoms with E-state index in [-0.39, 0.29) is 18.5 Å². The summed E-state index contributed by atoms with van der Waals surface area (Å²) < 4.78 is 48.7. The number of hydrogen-bond donors (Lipinski definition) is 0. The predicted octanol–water partition coefficient (Wildman–Crippen LogP) is 2.78. The van der Waals surface area contributed by atoms with Gasteiger partial charge >= 0.3 is 12.2 Å². The van der Waals surface area contributed by atoms with Crippen LogP contribution >= 0.6 is 0 Å². The Morgan fingerprint density at radius 1 is 1.38 bits per heavy atom.